The first kappa shape index (κ1) is 17.3. The van der Waals surface area contributed by atoms with Gasteiger partial charge in [0.05, 0.1) is 11.6 Å². The van der Waals surface area contributed by atoms with Crippen LogP contribution in [0.2, 0.25) is 5.02 Å². The highest BCUT2D eigenvalue weighted by atomic mass is 35.5. The maximum absolute atomic E-state index is 6.44. The highest BCUT2D eigenvalue weighted by molar-refractivity contribution is 6.32. The molecule has 0 aliphatic carbocycles. The predicted octanol–water partition coefficient (Wildman–Crippen LogP) is 4.71. The van der Waals surface area contributed by atoms with Crippen LogP contribution in [-0.4, -0.2) is 12.6 Å². The van der Waals surface area contributed by atoms with Crippen molar-refractivity contribution < 1.29 is 4.74 Å². The third-order valence-corrected chi connectivity index (χ3v) is 3.66. The second-order valence-corrected chi connectivity index (χ2v) is 6.83. The first-order valence-electron chi connectivity index (χ1n) is 7.50. The van der Waals surface area contributed by atoms with Crippen LogP contribution in [0.3, 0.4) is 0 Å². The number of hydrogen-bond donors (Lipinski definition) is 1. The summed E-state index contributed by atoms with van der Waals surface area (Å²) in [5, 5.41) is 0.698. The molecule has 0 fully saturated rings. The molecule has 0 bridgehead atoms. The molecule has 0 aromatic heterocycles. The van der Waals surface area contributed by atoms with Gasteiger partial charge in [-0.05, 0) is 36.3 Å². The number of halogens is 1. The van der Waals surface area contributed by atoms with Crippen molar-refractivity contribution in [1.29, 1.82) is 0 Å². The summed E-state index contributed by atoms with van der Waals surface area (Å²) in [5.41, 5.74) is 8.41. The molecule has 1 unspecified atom stereocenters. The Labute approximate surface area is 128 Å². The summed E-state index contributed by atoms with van der Waals surface area (Å²) in [7, 11) is 0. The SMILES string of the molecule is CCCOc1c(Cl)cc(CC(N)CC)cc1C(C)(C)C. The summed E-state index contributed by atoms with van der Waals surface area (Å²) >= 11 is 6.44. The van der Waals surface area contributed by atoms with Crippen LogP contribution >= 0.6 is 11.6 Å². The van der Waals surface area contributed by atoms with Crippen LogP contribution in [0.25, 0.3) is 0 Å². The highest BCUT2D eigenvalue weighted by Crippen LogP contribution is 2.38. The molecule has 114 valence electrons. The van der Waals surface area contributed by atoms with Crippen molar-refractivity contribution in [3.63, 3.8) is 0 Å². The lowest BCUT2D eigenvalue weighted by Gasteiger charge is -2.25. The number of hydrogen-bond acceptors (Lipinski definition) is 2. The van der Waals surface area contributed by atoms with Crippen molar-refractivity contribution in [2.75, 3.05) is 6.61 Å². The van der Waals surface area contributed by atoms with Gasteiger partial charge in [-0.1, -0.05) is 52.3 Å². The summed E-state index contributed by atoms with van der Waals surface area (Å²) in [5.74, 6) is 0.829. The van der Waals surface area contributed by atoms with Gasteiger partial charge in [-0.15, -0.1) is 0 Å². The molecule has 0 saturated carbocycles. The predicted molar refractivity (Wildman–Crippen MR) is 87.9 cm³/mol. The van der Waals surface area contributed by atoms with Crippen LogP contribution in [-0.2, 0) is 11.8 Å². The fourth-order valence-electron chi connectivity index (χ4n) is 2.12. The van der Waals surface area contributed by atoms with Crippen molar-refractivity contribution in [2.24, 2.45) is 5.73 Å². The summed E-state index contributed by atoms with van der Waals surface area (Å²) in [4.78, 5) is 0. The van der Waals surface area contributed by atoms with Gasteiger partial charge in [0.15, 0.2) is 0 Å². The van der Waals surface area contributed by atoms with Gasteiger partial charge in [0.1, 0.15) is 5.75 Å². The zero-order valence-electron chi connectivity index (χ0n) is 13.4. The van der Waals surface area contributed by atoms with E-state index >= 15 is 0 Å². The molecule has 1 aromatic rings. The number of rotatable bonds is 6. The molecule has 0 aliphatic heterocycles. The Kier molecular flexibility index (Phi) is 6.35. The van der Waals surface area contributed by atoms with Gasteiger partial charge in [-0.3, -0.25) is 0 Å². The molecule has 1 atom stereocenters. The van der Waals surface area contributed by atoms with Crippen molar-refractivity contribution >= 4 is 11.6 Å². The number of nitrogens with two attached hydrogens (primary N) is 1. The molecule has 2 N–H and O–H groups in total. The van der Waals surface area contributed by atoms with E-state index in [1.165, 1.54) is 5.56 Å². The molecule has 20 heavy (non-hydrogen) atoms. The van der Waals surface area contributed by atoms with E-state index in [9.17, 15) is 0 Å². The van der Waals surface area contributed by atoms with E-state index in [1.54, 1.807) is 0 Å². The maximum Gasteiger partial charge on any atom is 0.141 e. The molecule has 2 nitrogen and oxygen atoms in total. The lowest BCUT2D eigenvalue weighted by molar-refractivity contribution is 0.308. The van der Waals surface area contributed by atoms with Crippen LogP contribution in [0.5, 0.6) is 5.75 Å². The van der Waals surface area contributed by atoms with Crippen LogP contribution in [0.1, 0.15) is 58.6 Å². The fraction of sp³-hybridized carbons (Fsp3) is 0.647. The standard InChI is InChI=1S/C17H28ClNO/c1-6-8-20-16-14(17(3,4)5)10-12(11-15(16)18)9-13(19)7-2/h10-11,13H,6-9,19H2,1-5H3. The summed E-state index contributed by atoms with van der Waals surface area (Å²) < 4.78 is 5.87. The Bertz CT molecular complexity index is 437. The van der Waals surface area contributed by atoms with E-state index < -0.39 is 0 Å². The van der Waals surface area contributed by atoms with E-state index in [4.69, 9.17) is 22.1 Å². The van der Waals surface area contributed by atoms with E-state index in [-0.39, 0.29) is 11.5 Å². The van der Waals surface area contributed by atoms with Crippen LogP contribution in [0.4, 0.5) is 0 Å². The van der Waals surface area contributed by atoms with Crippen LogP contribution in [0, 0.1) is 0 Å². The lowest BCUT2D eigenvalue weighted by Crippen LogP contribution is -2.22. The molecular formula is C17H28ClNO. The quantitative estimate of drug-likeness (QED) is 0.825. The van der Waals surface area contributed by atoms with Crippen LogP contribution < -0.4 is 10.5 Å². The smallest absolute Gasteiger partial charge is 0.141 e. The maximum atomic E-state index is 6.44. The average Bonchev–Trinajstić information content (AvgIpc) is 2.35. The number of benzene rings is 1. The summed E-state index contributed by atoms with van der Waals surface area (Å²) in [6.07, 6.45) is 2.80. The van der Waals surface area contributed by atoms with E-state index in [1.807, 2.05) is 6.07 Å². The van der Waals surface area contributed by atoms with Crippen molar-refractivity contribution in [1.82, 2.24) is 0 Å². The molecule has 0 aliphatic rings. The van der Waals surface area contributed by atoms with Crippen molar-refractivity contribution in [2.45, 2.75) is 65.3 Å². The molecule has 1 rings (SSSR count). The van der Waals surface area contributed by atoms with Gasteiger partial charge >= 0.3 is 0 Å². The van der Waals surface area contributed by atoms with Gasteiger partial charge in [-0.2, -0.15) is 0 Å². The first-order chi connectivity index (χ1) is 9.29. The topological polar surface area (TPSA) is 35.2 Å². The second kappa shape index (κ2) is 7.33. The normalized spacial score (nSPS) is 13.3. The molecule has 0 spiro atoms. The Morgan fingerprint density at radius 1 is 1.25 bits per heavy atom. The monoisotopic (exact) mass is 297 g/mol. The third-order valence-electron chi connectivity index (χ3n) is 3.38. The minimum absolute atomic E-state index is 0.000958. The first-order valence-corrected chi connectivity index (χ1v) is 7.88. The summed E-state index contributed by atoms with van der Waals surface area (Å²) in [6, 6.07) is 4.38. The van der Waals surface area contributed by atoms with Gasteiger partial charge < -0.3 is 10.5 Å². The fourth-order valence-corrected chi connectivity index (χ4v) is 2.42. The second-order valence-electron chi connectivity index (χ2n) is 6.43. The van der Waals surface area contributed by atoms with E-state index in [0.717, 1.165) is 30.6 Å². The largest absolute Gasteiger partial charge is 0.492 e. The van der Waals surface area contributed by atoms with Gasteiger partial charge in [0.2, 0.25) is 0 Å². The molecule has 1 aromatic carbocycles. The molecule has 0 radical (unpaired) electrons. The molecular weight excluding hydrogens is 270 g/mol. The van der Waals surface area contributed by atoms with Crippen LogP contribution in [0.15, 0.2) is 12.1 Å². The highest BCUT2D eigenvalue weighted by Gasteiger charge is 2.22. The molecule has 0 saturated heterocycles. The van der Waals surface area contributed by atoms with Gasteiger partial charge in [-0.25, -0.2) is 0 Å². The van der Waals surface area contributed by atoms with E-state index in [0.29, 0.717) is 11.6 Å². The van der Waals surface area contributed by atoms with E-state index in [2.05, 4.69) is 40.7 Å². The Balaban J connectivity index is 3.19. The Hall–Kier alpha value is -0.730. The van der Waals surface area contributed by atoms with Crippen molar-refractivity contribution in [3.05, 3.63) is 28.3 Å². The Morgan fingerprint density at radius 3 is 2.40 bits per heavy atom. The zero-order valence-corrected chi connectivity index (χ0v) is 14.2. The Morgan fingerprint density at radius 2 is 1.90 bits per heavy atom. The lowest BCUT2D eigenvalue weighted by atomic mass is 9.84. The molecule has 3 heteroatoms. The minimum atomic E-state index is -0.000958. The van der Waals surface area contributed by atoms with Gasteiger partial charge in [0.25, 0.3) is 0 Å². The summed E-state index contributed by atoms with van der Waals surface area (Å²) in [6.45, 7) is 11.4. The van der Waals surface area contributed by atoms with Crippen molar-refractivity contribution in [3.8, 4) is 5.75 Å². The average molecular weight is 298 g/mol. The van der Waals surface area contributed by atoms with Gasteiger partial charge in [0, 0.05) is 11.6 Å². The minimum Gasteiger partial charge on any atom is -0.492 e. The number of ether oxygens (including phenoxy) is 1. The molecule has 0 heterocycles. The third kappa shape index (κ3) is 4.68. The zero-order chi connectivity index (χ0) is 15.3. The molecule has 0 amide bonds.